The van der Waals surface area contributed by atoms with Crippen molar-refractivity contribution in [1.29, 1.82) is 0 Å². The molecule has 0 heterocycles. The molecular formula is C10H10BrClO2. The number of benzene rings is 1. The first kappa shape index (κ1) is 11.5. The van der Waals surface area contributed by atoms with Crippen molar-refractivity contribution < 1.29 is 9.53 Å². The molecule has 1 aromatic rings. The van der Waals surface area contributed by atoms with Crippen molar-refractivity contribution in [3.63, 3.8) is 0 Å². The number of carbonyl (C=O) groups excluding carboxylic acids is 1. The predicted octanol–water partition coefficient (Wildman–Crippen LogP) is 3.33. The van der Waals surface area contributed by atoms with Crippen LogP contribution in [0.2, 0.25) is 5.02 Å². The van der Waals surface area contributed by atoms with Gasteiger partial charge in [0.15, 0.2) is 0 Å². The SMILES string of the molecule is COC(=O)c1cc(C)c(CBr)c(Cl)c1. The topological polar surface area (TPSA) is 26.3 Å². The first-order valence-corrected chi connectivity index (χ1v) is 5.53. The summed E-state index contributed by atoms with van der Waals surface area (Å²) < 4.78 is 4.61. The van der Waals surface area contributed by atoms with E-state index in [1.165, 1.54) is 7.11 Å². The lowest BCUT2D eigenvalue weighted by Crippen LogP contribution is -2.02. The van der Waals surface area contributed by atoms with Crippen LogP contribution >= 0.6 is 27.5 Å². The molecular weight excluding hydrogens is 267 g/mol. The summed E-state index contributed by atoms with van der Waals surface area (Å²) in [5.41, 5.74) is 2.47. The normalized spacial score (nSPS) is 10.0. The van der Waals surface area contributed by atoms with Crippen molar-refractivity contribution >= 4 is 33.5 Å². The van der Waals surface area contributed by atoms with Gasteiger partial charge in [-0.25, -0.2) is 4.79 Å². The molecule has 1 aromatic carbocycles. The second-order valence-electron chi connectivity index (χ2n) is 2.88. The lowest BCUT2D eigenvalue weighted by atomic mass is 10.1. The Labute approximate surface area is 96.3 Å². The average molecular weight is 278 g/mol. The minimum Gasteiger partial charge on any atom is -0.465 e. The second-order valence-corrected chi connectivity index (χ2v) is 3.85. The molecule has 0 unspecified atom stereocenters. The van der Waals surface area contributed by atoms with E-state index in [0.717, 1.165) is 11.1 Å². The summed E-state index contributed by atoms with van der Waals surface area (Å²) >= 11 is 9.34. The van der Waals surface area contributed by atoms with Gasteiger partial charge in [0.05, 0.1) is 12.7 Å². The maximum atomic E-state index is 11.2. The number of hydrogen-bond acceptors (Lipinski definition) is 2. The van der Waals surface area contributed by atoms with Gasteiger partial charge < -0.3 is 4.74 Å². The number of alkyl halides is 1. The Bertz CT molecular complexity index is 340. The highest BCUT2D eigenvalue weighted by Crippen LogP contribution is 2.24. The van der Waals surface area contributed by atoms with Crippen LogP contribution in [0.25, 0.3) is 0 Å². The van der Waals surface area contributed by atoms with Gasteiger partial charge in [-0.3, -0.25) is 0 Å². The van der Waals surface area contributed by atoms with Gasteiger partial charge in [0, 0.05) is 10.4 Å². The molecule has 0 aromatic heterocycles. The van der Waals surface area contributed by atoms with Crippen LogP contribution in [0.4, 0.5) is 0 Å². The number of aryl methyl sites for hydroxylation is 1. The van der Waals surface area contributed by atoms with Crippen LogP contribution < -0.4 is 0 Å². The molecule has 0 spiro atoms. The molecule has 0 aliphatic rings. The van der Waals surface area contributed by atoms with E-state index in [9.17, 15) is 4.79 Å². The molecule has 0 radical (unpaired) electrons. The zero-order valence-corrected chi connectivity index (χ0v) is 10.3. The van der Waals surface area contributed by atoms with Gasteiger partial charge in [-0.15, -0.1) is 0 Å². The zero-order chi connectivity index (χ0) is 10.7. The van der Waals surface area contributed by atoms with Crippen molar-refractivity contribution in [2.75, 3.05) is 7.11 Å². The number of methoxy groups -OCH3 is 1. The molecule has 0 amide bonds. The third kappa shape index (κ3) is 2.28. The van der Waals surface area contributed by atoms with E-state index in [1.54, 1.807) is 12.1 Å². The summed E-state index contributed by atoms with van der Waals surface area (Å²) in [7, 11) is 1.35. The maximum absolute atomic E-state index is 11.2. The summed E-state index contributed by atoms with van der Waals surface area (Å²) in [5, 5.41) is 1.27. The summed E-state index contributed by atoms with van der Waals surface area (Å²) in [6.45, 7) is 1.91. The monoisotopic (exact) mass is 276 g/mol. The van der Waals surface area contributed by atoms with Crippen molar-refractivity contribution in [3.8, 4) is 0 Å². The number of esters is 1. The van der Waals surface area contributed by atoms with Crippen LogP contribution in [0.5, 0.6) is 0 Å². The van der Waals surface area contributed by atoms with Crippen molar-refractivity contribution in [3.05, 3.63) is 33.8 Å². The van der Waals surface area contributed by atoms with Crippen LogP contribution in [0.3, 0.4) is 0 Å². The molecule has 4 heteroatoms. The van der Waals surface area contributed by atoms with E-state index >= 15 is 0 Å². The zero-order valence-electron chi connectivity index (χ0n) is 7.93. The molecule has 0 aliphatic carbocycles. The standard InChI is InChI=1S/C10H10BrClO2/c1-6-3-7(10(13)14-2)4-9(12)8(6)5-11/h3-4H,5H2,1-2H3. The Hall–Kier alpha value is -0.540. The maximum Gasteiger partial charge on any atom is 0.337 e. The molecule has 2 nitrogen and oxygen atoms in total. The largest absolute Gasteiger partial charge is 0.465 e. The molecule has 76 valence electrons. The van der Waals surface area contributed by atoms with Gasteiger partial charge in [0.2, 0.25) is 0 Å². The molecule has 0 atom stereocenters. The van der Waals surface area contributed by atoms with E-state index in [-0.39, 0.29) is 5.97 Å². The number of halogens is 2. The van der Waals surface area contributed by atoms with Crippen LogP contribution in [0.1, 0.15) is 21.5 Å². The van der Waals surface area contributed by atoms with Crippen LogP contribution in [-0.2, 0) is 10.1 Å². The molecule has 0 aliphatic heterocycles. The van der Waals surface area contributed by atoms with Gasteiger partial charge >= 0.3 is 5.97 Å². The van der Waals surface area contributed by atoms with Crippen molar-refractivity contribution in [2.45, 2.75) is 12.3 Å². The number of carbonyl (C=O) groups is 1. The fourth-order valence-electron chi connectivity index (χ4n) is 1.18. The summed E-state index contributed by atoms with van der Waals surface area (Å²) in [6.07, 6.45) is 0. The van der Waals surface area contributed by atoms with E-state index in [0.29, 0.717) is 15.9 Å². The predicted molar refractivity (Wildman–Crippen MR) is 60.2 cm³/mol. The van der Waals surface area contributed by atoms with E-state index in [1.807, 2.05) is 6.92 Å². The second kappa shape index (κ2) is 4.80. The molecule has 0 bridgehead atoms. The fourth-order valence-corrected chi connectivity index (χ4v) is 2.42. The lowest BCUT2D eigenvalue weighted by molar-refractivity contribution is 0.0600. The first-order valence-electron chi connectivity index (χ1n) is 4.03. The molecule has 0 N–H and O–H groups in total. The highest BCUT2D eigenvalue weighted by molar-refractivity contribution is 9.08. The fraction of sp³-hybridized carbons (Fsp3) is 0.300. The highest BCUT2D eigenvalue weighted by atomic mass is 79.9. The van der Waals surface area contributed by atoms with Crippen LogP contribution in [-0.4, -0.2) is 13.1 Å². The van der Waals surface area contributed by atoms with Gasteiger partial charge in [0.25, 0.3) is 0 Å². The molecule has 0 saturated heterocycles. The van der Waals surface area contributed by atoms with Gasteiger partial charge in [-0.2, -0.15) is 0 Å². The summed E-state index contributed by atoms with van der Waals surface area (Å²) in [4.78, 5) is 11.2. The minimum atomic E-state index is -0.365. The molecule has 1 rings (SSSR count). The Morgan fingerprint density at radius 2 is 2.21 bits per heavy atom. The summed E-state index contributed by atoms with van der Waals surface area (Å²) in [5.74, 6) is -0.365. The number of ether oxygens (including phenoxy) is 1. The number of rotatable bonds is 2. The third-order valence-corrected chi connectivity index (χ3v) is 2.87. The molecule has 0 fully saturated rings. The Balaban J connectivity index is 3.20. The Kier molecular flexibility index (Phi) is 3.96. The van der Waals surface area contributed by atoms with E-state index in [4.69, 9.17) is 11.6 Å². The Morgan fingerprint density at radius 1 is 1.57 bits per heavy atom. The summed E-state index contributed by atoms with van der Waals surface area (Å²) in [6, 6.07) is 3.39. The van der Waals surface area contributed by atoms with E-state index in [2.05, 4.69) is 20.7 Å². The lowest BCUT2D eigenvalue weighted by Gasteiger charge is -2.07. The van der Waals surface area contributed by atoms with Crippen LogP contribution in [0, 0.1) is 6.92 Å². The van der Waals surface area contributed by atoms with Crippen LogP contribution in [0.15, 0.2) is 12.1 Å². The highest BCUT2D eigenvalue weighted by Gasteiger charge is 2.10. The smallest absolute Gasteiger partial charge is 0.337 e. The van der Waals surface area contributed by atoms with E-state index < -0.39 is 0 Å². The minimum absolute atomic E-state index is 0.365. The van der Waals surface area contributed by atoms with Gasteiger partial charge in [-0.05, 0) is 30.2 Å². The van der Waals surface area contributed by atoms with Crippen molar-refractivity contribution in [1.82, 2.24) is 0 Å². The first-order chi connectivity index (χ1) is 6.60. The average Bonchev–Trinajstić information content (AvgIpc) is 2.16. The van der Waals surface area contributed by atoms with Crippen molar-refractivity contribution in [2.24, 2.45) is 0 Å². The number of hydrogen-bond donors (Lipinski definition) is 0. The third-order valence-electron chi connectivity index (χ3n) is 1.97. The van der Waals surface area contributed by atoms with Gasteiger partial charge in [-0.1, -0.05) is 27.5 Å². The molecule has 0 saturated carbocycles. The Morgan fingerprint density at radius 3 is 2.64 bits per heavy atom. The van der Waals surface area contributed by atoms with Gasteiger partial charge in [0.1, 0.15) is 0 Å². The molecule has 14 heavy (non-hydrogen) atoms. The quantitative estimate of drug-likeness (QED) is 0.612.